The van der Waals surface area contributed by atoms with Crippen LogP contribution in [0.3, 0.4) is 0 Å². The van der Waals surface area contributed by atoms with Crippen molar-refractivity contribution >= 4 is 23.3 Å². The van der Waals surface area contributed by atoms with Crippen LogP contribution in [-0.2, 0) is 13.6 Å². The number of nitrogens with zero attached hydrogens (tertiary/aromatic N) is 4. The zero-order chi connectivity index (χ0) is 24.2. The molecule has 11 nitrogen and oxygen atoms in total. The molecule has 4 N–H and O–H groups in total. The summed E-state index contributed by atoms with van der Waals surface area (Å²) in [5.74, 6) is 0.776. The van der Waals surface area contributed by atoms with Gasteiger partial charge in [-0.05, 0) is 31.2 Å². The minimum Gasteiger partial charge on any atom is -0.507 e. The fraction of sp³-hybridized carbons (Fsp3) is 0.217. The quantitative estimate of drug-likeness (QED) is 0.227. The fourth-order valence-electron chi connectivity index (χ4n) is 3.34. The summed E-state index contributed by atoms with van der Waals surface area (Å²) in [6.07, 6.45) is 0.386. The van der Waals surface area contributed by atoms with E-state index in [4.69, 9.17) is 4.74 Å². The number of phenols is 1. The molecule has 0 amide bonds. The zero-order valence-corrected chi connectivity index (χ0v) is 18.6. The van der Waals surface area contributed by atoms with Gasteiger partial charge in [-0.2, -0.15) is 10.1 Å². The molecule has 2 aromatic heterocycles. The molecule has 0 aliphatic carbocycles. The molecule has 0 fully saturated rings. The number of fused-ring (bicyclic) bond motifs is 1. The third-order valence-electron chi connectivity index (χ3n) is 5.17. The highest BCUT2D eigenvalue weighted by Gasteiger charge is 2.20. The van der Waals surface area contributed by atoms with Gasteiger partial charge in [-0.15, -0.1) is 0 Å². The van der Waals surface area contributed by atoms with Gasteiger partial charge in [0.05, 0.1) is 12.8 Å². The Morgan fingerprint density at radius 1 is 1.21 bits per heavy atom. The number of benzene rings is 2. The lowest BCUT2D eigenvalue weighted by Crippen LogP contribution is -2.30. The number of hydrazone groups is 1. The van der Waals surface area contributed by atoms with Gasteiger partial charge in [0.2, 0.25) is 5.95 Å². The average Bonchev–Trinajstić information content (AvgIpc) is 3.17. The van der Waals surface area contributed by atoms with E-state index in [1.165, 1.54) is 28.5 Å². The third kappa shape index (κ3) is 4.84. The monoisotopic (exact) mass is 464 g/mol. The van der Waals surface area contributed by atoms with E-state index in [1.54, 1.807) is 30.3 Å². The van der Waals surface area contributed by atoms with Crippen LogP contribution >= 0.6 is 0 Å². The Morgan fingerprint density at radius 3 is 2.68 bits per heavy atom. The summed E-state index contributed by atoms with van der Waals surface area (Å²) in [6.45, 7) is 1.87. The van der Waals surface area contributed by atoms with Crippen LogP contribution in [-0.4, -0.2) is 48.2 Å². The second kappa shape index (κ2) is 9.63. The van der Waals surface area contributed by atoms with Crippen LogP contribution in [0.4, 0.5) is 5.95 Å². The van der Waals surface area contributed by atoms with Gasteiger partial charge >= 0.3 is 5.69 Å². The number of aromatic nitrogens is 4. The van der Waals surface area contributed by atoms with Crippen molar-refractivity contribution < 1.29 is 14.9 Å². The lowest BCUT2D eigenvalue weighted by molar-refractivity contribution is 0.0938. The molecule has 0 aliphatic rings. The molecule has 1 unspecified atom stereocenters. The summed E-state index contributed by atoms with van der Waals surface area (Å²) in [6, 6.07) is 14.0. The molecule has 0 bridgehead atoms. The summed E-state index contributed by atoms with van der Waals surface area (Å²) in [7, 11) is 1.48. The van der Waals surface area contributed by atoms with Crippen molar-refractivity contribution in [2.24, 2.45) is 12.1 Å². The first kappa shape index (κ1) is 22.8. The largest absolute Gasteiger partial charge is 0.507 e. The second-order valence-corrected chi connectivity index (χ2v) is 7.74. The number of aliphatic hydroxyl groups is 1. The molecule has 2 aromatic carbocycles. The Balaban J connectivity index is 1.62. The third-order valence-corrected chi connectivity index (χ3v) is 5.17. The second-order valence-electron chi connectivity index (χ2n) is 7.74. The number of nitrogens with one attached hydrogen (secondary N) is 2. The number of aromatic amines is 1. The first-order valence-corrected chi connectivity index (χ1v) is 10.5. The van der Waals surface area contributed by atoms with E-state index >= 15 is 0 Å². The van der Waals surface area contributed by atoms with Crippen LogP contribution in [0.2, 0.25) is 0 Å². The molecule has 34 heavy (non-hydrogen) atoms. The fourth-order valence-corrected chi connectivity index (χ4v) is 3.34. The summed E-state index contributed by atoms with van der Waals surface area (Å²) in [5, 5.41) is 24.6. The van der Waals surface area contributed by atoms with Gasteiger partial charge in [-0.1, -0.05) is 29.8 Å². The summed E-state index contributed by atoms with van der Waals surface area (Å²) in [4.78, 5) is 31.2. The zero-order valence-electron chi connectivity index (χ0n) is 18.6. The normalized spacial score (nSPS) is 12.3. The number of para-hydroxylation sites is 1. The molecule has 1 atom stereocenters. The van der Waals surface area contributed by atoms with Gasteiger partial charge in [0.25, 0.3) is 5.56 Å². The standard InChI is InChI=1S/C23H24N6O5/c1-14-7-9-17(10-8-14)34-13-16(30)12-29-19-20(28(2)23(33)26-21(19)32)25-22(29)27-24-11-15-5-3-4-6-18(15)31/h3-11,16,30-31H,12-13H2,1-2H3,(H,25,27)(H,26,32,33). The number of hydrogen-bond donors (Lipinski definition) is 4. The van der Waals surface area contributed by atoms with Gasteiger partial charge in [0.15, 0.2) is 11.2 Å². The molecule has 0 radical (unpaired) electrons. The number of aromatic hydroxyl groups is 1. The van der Waals surface area contributed by atoms with Gasteiger partial charge in [-0.25, -0.2) is 10.2 Å². The molecule has 0 saturated carbocycles. The van der Waals surface area contributed by atoms with E-state index in [0.29, 0.717) is 11.3 Å². The molecular weight excluding hydrogens is 440 g/mol. The van der Waals surface area contributed by atoms with Crippen molar-refractivity contribution in [3.8, 4) is 11.5 Å². The van der Waals surface area contributed by atoms with Crippen molar-refractivity contribution in [3.05, 3.63) is 80.5 Å². The average molecular weight is 464 g/mol. The van der Waals surface area contributed by atoms with E-state index in [0.717, 1.165) is 5.56 Å². The van der Waals surface area contributed by atoms with Crippen LogP contribution < -0.4 is 21.4 Å². The van der Waals surface area contributed by atoms with Crippen molar-refractivity contribution in [1.82, 2.24) is 19.1 Å². The Morgan fingerprint density at radius 2 is 1.94 bits per heavy atom. The lowest BCUT2D eigenvalue weighted by atomic mass is 10.2. The van der Waals surface area contributed by atoms with Gasteiger partial charge in [0, 0.05) is 12.6 Å². The number of rotatable bonds is 8. The minimum absolute atomic E-state index is 0.0347. The maximum atomic E-state index is 12.6. The van der Waals surface area contributed by atoms with Crippen LogP contribution in [0.25, 0.3) is 11.2 Å². The van der Waals surface area contributed by atoms with Crippen molar-refractivity contribution in [2.75, 3.05) is 12.0 Å². The molecular formula is C23H24N6O5. The summed E-state index contributed by atoms with van der Waals surface area (Å²) in [5.41, 5.74) is 3.24. The predicted molar refractivity (Wildman–Crippen MR) is 128 cm³/mol. The number of imidazole rings is 1. The highest BCUT2D eigenvalue weighted by atomic mass is 16.5. The Hall–Kier alpha value is -4.38. The van der Waals surface area contributed by atoms with Crippen LogP contribution in [0, 0.1) is 6.92 Å². The maximum Gasteiger partial charge on any atom is 0.329 e. The van der Waals surface area contributed by atoms with Crippen molar-refractivity contribution in [1.29, 1.82) is 0 Å². The first-order valence-electron chi connectivity index (χ1n) is 10.5. The summed E-state index contributed by atoms with van der Waals surface area (Å²) >= 11 is 0. The number of hydrogen-bond acceptors (Lipinski definition) is 8. The molecule has 11 heteroatoms. The van der Waals surface area contributed by atoms with Crippen molar-refractivity contribution in [3.63, 3.8) is 0 Å². The highest BCUT2D eigenvalue weighted by Crippen LogP contribution is 2.18. The smallest absolute Gasteiger partial charge is 0.329 e. The Kier molecular flexibility index (Phi) is 6.46. The number of phenolic OH excluding ortho intramolecular Hbond substituents is 1. The molecule has 176 valence electrons. The van der Waals surface area contributed by atoms with Crippen molar-refractivity contribution in [2.45, 2.75) is 19.6 Å². The highest BCUT2D eigenvalue weighted by molar-refractivity contribution is 5.83. The number of ether oxygens (including phenoxy) is 1. The molecule has 0 spiro atoms. The van der Waals surface area contributed by atoms with E-state index in [2.05, 4.69) is 20.5 Å². The molecule has 0 aliphatic heterocycles. The van der Waals surface area contributed by atoms with E-state index in [1.807, 2.05) is 19.1 Å². The van der Waals surface area contributed by atoms with Gasteiger partial charge in [0.1, 0.15) is 24.2 Å². The van der Waals surface area contributed by atoms with Gasteiger partial charge < -0.3 is 19.5 Å². The SMILES string of the molecule is Cc1ccc(OCC(O)Cn2c(NN=Cc3ccccc3O)nc3c2c(=O)[nH]c(=O)n3C)cc1. The van der Waals surface area contributed by atoms with E-state index in [9.17, 15) is 19.8 Å². The van der Waals surface area contributed by atoms with Gasteiger partial charge in [-0.3, -0.25) is 14.3 Å². The minimum atomic E-state index is -1.00. The number of aliphatic hydroxyl groups excluding tert-OH is 1. The topological polar surface area (TPSA) is 147 Å². The maximum absolute atomic E-state index is 12.6. The Labute approximate surface area is 193 Å². The molecule has 4 rings (SSSR count). The number of aryl methyl sites for hydroxylation is 2. The number of H-pyrrole nitrogens is 1. The molecule has 2 heterocycles. The lowest BCUT2D eigenvalue weighted by Gasteiger charge is -2.15. The predicted octanol–water partition coefficient (Wildman–Crippen LogP) is 1.32. The van der Waals surface area contributed by atoms with Crippen LogP contribution in [0.1, 0.15) is 11.1 Å². The van der Waals surface area contributed by atoms with E-state index in [-0.39, 0.29) is 36.0 Å². The Bertz CT molecular complexity index is 1450. The van der Waals surface area contributed by atoms with Crippen LogP contribution in [0.5, 0.6) is 11.5 Å². The molecule has 4 aromatic rings. The first-order chi connectivity index (χ1) is 16.3. The molecule has 0 saturated heterocycles. The number of anilines is 1. The van der Waals surface area contributed by atoms with E-state index < -0.39 is 17.4 Å². The summed E-state index contributed by atoms with van der Waals surface area (Å²) < 4.78 is 8.27. The van der Waals surface area contributed by atoms with Crippen LogP contribution in [0.15, 0.2) is 63.2 Å².